The van der Waals surface area contributed by atoms with Gasteiger partial charge in [0.2, 0.25) is 0 Å². The number of amides is 1. The molecule has 7 nitrogen and oxygen atoms in total. The van der Waals surface area contributed by atoms with Gasteiger partial charge in [0.1, 0.15) is 10.7 Å². The van der Waals surface area contributed by atoms with Crippen LogP contribution in [-0.4, -0.2) is 38.4 Å². The van der Waals surface area contributed by atoms with E-state index in [1.165, 1.54) is 22.7 Å². The molecule has 0 saturated heterocycles. The molecule has 3 N–H and O–H groups in total. The van der Waals surface area contributed by atoms with Gasteiger partial charge in [-0.05, 0) is 26.0 Å². The van der Waals surface area contributed by atoms with Gasteiger partial charge in [-0.3, -0.25) is 4.79 Å². The summed E-state index contributed by atoms with van der Waals surface area (Å²) < 4.78 is 28.5. The van der Waals surface area contributed by atoms with Crippen molar-refractivity contribution in [3.05, 3.63) is 27.5 Å². The summed E-state index contributed by atoms with van der Waals surface area (Å²) in [5, 5.41) is 5.00. The Morgan fingerprint density at radius 1 is 1.33 bits per heavy atom. The van der Waals surface area contributed by atoms with Crippen molar-refractivity contribution >= 4 is 50.4 Å². The zero-order chi connectivity index (χ0) is 17.7. The molecule has 0 bridgehead atoms. The van der Waals surface area contributed by atoms with Crippen LogP contribution in [0.2, 0.25) is 4.34 Å². The van der Waals surface area contributed by atoms with Crippen LogP contribution >= 0.6 is 34.3 Å². The number of halogens is 1. The average molecular weight is 409 g/mol. The second-order valence-corrected chi connectivity index (χ2v) is 9.17. The maximum Gasteiger partial charge on any atom is 0.277 e. The van der Waals surface area contributed by atoms with Crippen LogP contribution in [0.1, 0.15) is 24.3 Å². The lowest BCUT2D eigenvalue weighted by Crippen LogP contribution is -2.43. The molecule has 0 saturated carbocycles. The lowest BCUT2D eigenvalue weighted by atomic mass is 10.4. The molecule has 132 valence electrons. The number of thiazole rings is 1. The maximum absolute atomic E-state index is 12.0. The number of hydrogen-bond donors (Lipinski definition) is 3. The third-order valence-electron chi connectivity index (χ3n) is 2.61. The Labute approximate surface area is 153 Å². The van der Waals surface area contributed by atoms with Crippen LogP contribution in [0.3, 0.4) is 0 Å². The highest BCUT2D eigenvalue weighted by atomic mass is 35.5. The monoisotopic (exact) mass is 408 g/mol. The molecule has 1 amide bonds. The molecule has 0 atom stereocenters. The minimum absolute atomic E-state index is 0.0886. The molecule has 24 heavy (non-hydrogen) atoms. The summed E-state index contributed by atoms with van der Waals surface area (Å²) in [6.45, 7) is 3.70. The van der Waals surface area contributed by atoms with Crippen molar-refractivity contribution in [2.45, 2.75) is 19.9 Å². The van der Waals surface area contributed by atoms with E-state index in [0.29, 0.717) is 10.0 Å². The fourth-order valence-corrected chi connectivity index (χ4v) is 4.71. The molecule has 0 aliphatic rings. The van der Waals surface area contributed by atoms with E-state index in [2.05, 4.69) is 19.7 Å². The van der Waals surface area contributed by atoms with Crippen LogP contribution in [0.15, 0.2) is 17.5 Å². The summed E-state index contributed by atoms with van der Waals surface area (Å²) in [6, 6.07) is 3.43. The summed E-state index contributed by atoms with van der Waals surface area (Å²) in [7, 11) is -3.55. The van der Waals surface area contributed by atoms with E-state index in [-0.39, 0.29) is 25.0 Å². The number of hydrogen-bond acceptors (Lipinski definition) is 6. The number of rotatable bonds is 8. The predicted octanol–water partition coefficient (Wildman–Crippen LogP) is 2.09. The fraction of sp³-hybridized carbons (Fsp3) is 0.385. The molecule has 0 fully saturated rings. The van der Waals surface area contributed by atoms with Gasteiger partial charge < -0.3 is 5.32 Å². The Balaban J connectivity index is 1.82. The van der Waals surface area contributed by atoms with E-state index >= 15 is 0 Å². The minimum atomic E-state index is -3.55. The lowest BCUT2D eigenvalue weighted by Gasteiger charge is -2.10. The first-order valence-electron chi connectivity index (χ1n) is 7.03. The zero-order valence-corrected chi connectivity index (χ0v) is 16.2. The van der Waals surface area contributed by atoms with Gasteiger partial charge in [-0.1, -0.05) is 11.6 Å². The zero-order valence-electron chi connectivity index (χ0n) is 13.0. The summed E-state index contributed by atoms with van der Waals surface area (Å²) in [4.78, 5) is 17.2. The number of carbonyl (C=O) groups is 1. The van der Waals surface area contributed by atoms with Crippen LogP contribution in [-0.2, 0) is 10.2 Å². The first kappa shape index (κ1) is 19.3. The highest BCUT2D eigenvalue weighted by molar-refractivity contribution is 7.87. The largest absolute Gasteiger partial charge is 0.349 e. The lowest BCUT2D eigenvalue weighted by molar-refractivity contribution is 0.0950. The molecular formula is C13H17ClN4O3S3. The van der Waals surface area contributed by atoms with Gasteiger partial charge in [-0.15, -0.1) is 22.7 Å². The van der Waals surface area contributed by atoms with E-state index in [1.54, 1.807) is 25.3 Å². The first-order chi connectivity index (χ1) is 11.3. The van der Waals surface area contributed by atoms with E-state index in [1.807, 2.05) is 6.07 Å². The minimum Gasteiger partial charge on any atom is -0.349 e. The Morgan fingerprint density at radius 2 is 2.08 bits per heavy atom. The maximum atomic E-state index is 12.0. The van der Waals surface area contributed by atoms with Gasteiger partial charge in [0, 0.05) is 24.5 Å². The molecule has 0 aliphatic heterocycles. The summed E-state index contributed by atoms with van der Waals surface area (Å²) in [5.74, 6) is -0.351. The van der Waals surface area contributed by atoms with Gasteiger partial charge in [-0.2, -0.15) is 13.1 Å². The summed E-state index contributed by atoms with van der Waals surface area (Å²) in [6.07, 6.45) is 0. The van der Waals surface area contributed by atoms with E-state index in [0.717, 1.165) is 9.88 Å². The Morgan fingerprint density at radius 3 is 2.71 bits per heavy atom. The third kappa shape index (κ3) is 5.80. The van der Waals surface area contributed by atoms with Gasteiger partial charge in [0.15, 0.2) is 0 Å². The number of carbonyl (C=O) groups excluding carboxylic acids is 1. The van der Waals surface area contributed by atoms with Crippen LogP contribution < -0.4 is 14.8 Å². The molecule has 11 heteroatoms. The quantitative estimate of drug-likeness (QED) is 0.582. The van der Waals surface area contributed by atoms with Gasteiger partial charge in [0.05, 0.1) is 9.21 Å². The van der Waals surface area contributed by atoms with Crippen LogP contribution in [0.5, 0.6) is 0 Å². The smallest absolute Gasteiger partial charge is 0.277 e. The second kappa shape index (κ2) is 8.37. The van der Waals surface area contributed by atoms with Crippen molar-refractivity contribution in [1.82, 2.24) is 19.7 Å². The molecule has 2 rings (SSSR count). The van der Waals surface area contributed by atoms with Crippen LogP contribution in [0.25, 0.3) is 9.88 Å². The van der Waals surface area contributed by atoms with Gasteiger partial charge >= 0.3 is 0 Å². The van der Waals surface area contributed by atoms with Crippen LogP contribution in [0, 0.1) is 0 Å². The topological polar surface area (TPSA) is 100 Å². The average Bonchev–Trinajstić information content (AvgIpc) is 3.10. The van der Waals surface area contributed by atoms with Crippen LogP contribution in [0.4, 0.5) is 0 Å². The van der Waals surface area contributed by atoms with Crippen molar-refractivity contribution in [2.75, 3.05) is 13.1 Å². The van der Waals surface area contributed by atoms with Crippen molar-refractivity contribution in [3.8, 4) is 9.88 Å². The number of aromatic nitrogens is 1. The van der Waals surface area contributed by atoms with Crippen molar-refractivity contribution in [3.63, 3.8) is 0 Å². The molecule has 0 unspecified atom stereocenters. The number of nitrogens with one attached hydrogen (secondary N) is 3. The predicted molar refractivity (Wildman–Crippen MR) is 98.0 cm³/mol. The molecule has 2 heterocycles. The summed E-state index contributed by atoms with van der Waals surface area (Å²) >= 11 is 8.63. The molecule has 2 aromatic rings. The summed E-state index contributed by atoms with van der Waals surface area (Å²) in [5.41, 5.74) is 0.294. The Bertz CT molecular complexity index is 801. The molecule has 2 aromatic heterocycles. The normalized spacial score (nSPS) is 11.8. The van der Waals surface area contributed by atoms with Crippen molar-refractivity contribution < 1.29 is 13.2 Å². The molecule has 0 spiro atoms. The first-order valence-corrected chi connectivity index (χ1v) is 10.6. The second-order valence-electron chi connectivity index (χ2n) is 5.07. The third-order valence-corrected chi connectivity index (χ3v) is 6.22. The van der Waals surface area contributed by atoms with Crippen molar-refractivity contribution in [2.24, 2.45) is 0 Å². The molecule has 0 aromatic carbocycles. The number of nitrogens with zero attached hydrogens (tertiary/aromatic N) is 1. The van der Waals surface area contributed by atoms with E-state index < -0.39 is 10.2 Å². The van der Waals surface area contributed by atoms with Crippen molar-refractivity contribution in [1.29, 1.82) is 0 Å². The van der Waals surface area contributed by atoms with E-state index in [9.17, 15) is 13.2 Å². The van der Waals surface area contributed by atoms with Gasteiger partial charge in [-0.25, -0.2) is 9.71 Å². The standard InChI is InChI=1S/C13H17ClN4O3S3/c1-8(2)18-24(20,21)16-6-5-15-12(19)9-7-22-13(17-9)10-3-4-11(14)23-10/h3-4,7-8,16,18H,5-6H2,1-2H3,(H,15,19). The fourth-order valence-electron chi connectivity index (χ4n) is 1.72. The Kier molecular flexibility index (Phi) is 6.72. The highest BCUT2D eigenvalue weighted by Gasteiger charge is 2.14. The van der Waals surface area contributed by atoms with Gasteiger partial charge in [0.25, 0.3) is 16.1 Å². The highest BCUT2D eigenvalue weighted by Crippen LogP contribution is 2.32. The molecule has 0 radical (unpaired) electrons. The number of thiophene rings is 1. The Hall–Kier alpha value is -1.04. The van der Waals surface area contributed by atoms with E-state index in [4.69, 9.17) is 11.6 Å². The molecule has 0 aliphatic carbocycles. The SMILES string of the molecule is CC(C)NS(=O)(=O)NCCNC(=O)c1csc(-c2ccc(Cl)s2)n1. The molecular weight excluding hydrogens is 392 g/mol.